The Morgan fingerprint density at radius 3 is 2.52 bits per heavy atom. The van der Waals surface area contributed by atoms with Gasteiger partial charge >= 0.3 is 0 Å². The van der Waals surface area contributed by atoms with Gasteiger partial charge in [-0.2, -0.15) is 0 Å². The van der Waals surface area contributed by atoms with E-state index in [1.807, 2.05) is 0 Å². The van der Waals surface area contributed by atoms with E-state index in [-0.39, 0.29) is 0 Å². The minimum atomic E-state index is 0.316. The van der Waals surface area contributed by atoms with Crippen LogP contribution in [0.3, 0.4) is 0 Å². The van der Waals surface area contributed by atoms with E-state index < -0.39 is 0 Å². The molecule has 1 aliphatic rings. The van der Waals surface area contributed by atoms with Crippen LogP contribution >= 0.6 is 0 Å². The van der Waals surface area contributed by atoms with Gasteiger partial charge in [0.2, 0.25) is 0 Å². The summed E-state index contributed by atoms with van der Waals surface area (Å²) < 4.78 is 0. The summed E-state index contributed by atoms with van der Waals surface area (Å²) in [5.74, 6) is 1.32. The minimum Gasteiger partial charge on any atom is -0.389 e. The second-order valence-electron chi connectivity index (χ2n) is 8.22. The Hall–Kier alpha value is -0.920. The van der Waals surface area contributed by atoms with Crippen molar-refractivity contribution in [3.8, 4) is 0 Å². The Morgan fingerprint density at radius 2 is 1.95 bits per heavy atom. The standard InChI is InChI=1S/C19H36N2/c1-15(2)10-11-20-17(4)18-9-8-12-21(14-18)16(3)13-19(5,6)7/h15,18,20H,3-4,8-14H2,1-2,5-7H3/t18-/m0/s1. The molecule has 1 rings (SSSR count). The van der Waals surface area contributed by atoms with Crippen molar-refractivity contribution in [1.29, 1.82) is 0 Å². The highest BCUT2D eigenvalue weighted by Crippen LogP contribution is 2.29. The lowest BCUT2D eigenvalue weighted by atomic mass is 9.88. The third kappa shape index (κ3) is 7.06. The summed E-state index contributed by atoms with van der Waals surface area (Å²) in [5.41, 5.74) is 2.84. The highest BCUT2D eigenvalue weighted by Gasteiger charge is 2.24. The van der Waals surface area contributed by atoms with Gasteiger partial charge in [-0.25, -0.2) is 0 Å². The van der Waals surface area contributed by atoms with Crippen molar-refractivity contribution >= 4 is 0 Å². The van der Waals surface area contributed by atoms with Crippen molar-refractivity contribution < 1.29 is 0 Å². The summed E-state index contributed by atoms with van der Waals surface area (Å²) in [5, 5.41) is 3.54. The van der Waals surface area contributed by atoms with Crippen LogP contribution < -0.4 is 5.32 Å². The number of hydrogen-bond donors (Lipinski definition) is 1. The van der Waals surface area contributed by atoms with Gasteiger partial charge < -0.3 is 10.2 Å². The van der Waals surface area contributed by atoms with Crippen LogP contribution in [0.5, 0.6) is 0 Å². The first-order chi connectivity index (χ1) is 9.69. The van der Waals surface area contributed by atoms with Crippen molar-refractivity contribution in [2.24, 2.45) is 17.3 Å². The van der Waals surface area contributed by atoms with Crippen LogP contribution in [0.4, 0.5) is 0 Å². The molecule has 0 aromatic rings. The molecule has 1 saturated heterocycles. The van der Waals surface area contributed by atoms with E-state index in [0.29, 0.717) is 11.3 Å². The van der Waals surface area contributed by atoms with E-state index >= 15 is 0 Å². The van der Waals surface area contributed by atoms with Crippen LogP contribution in [0, 0.1) is 17.3 Å². The van der Waals surface area contributed by atoms with E-state index in [4.69, 9.17) is 0 Å². The molecule has 2 heteroatoms. The van der Waals surface area contributed by atoms with E-state index in [9.17, 15) is 0 Å². The van der Waals surface area contributed by atoms with Gasteiger partial charge in [0, 0.05) is 36.9 Å². The van der Waals surface area contributed by atoms with Gasteiger partial charge in [-0.3, -0.25) is 0 Å². The van der Waals surface area contributed by atoms with Crippen LogP contribution in [-0.2, 0) is 0 Å². The van der Waals surface area contributed by atoms with Gasteiger partial charge in [-0.1, -0.05) is 47.8 Å². The first-order valence-corrected chi connectivity index (χ1v) is 8.54. The van der Waals surface area contributed by atoms with Gasteiger partial charge in [0.05, 0.1) is 0 Å². The van der Waals surface area contributed by atoms with Crippen molar-refractivity contribution in [3.63, 3.8) is 0 Å². The van der Waals surface area contributed by atoms with Gasteiger partial charge in [0.1, 0.15) is 0 Å². The van der Waals surface area contributed by atoms with Crippen molar-refractivity contribution in [2.75, 3.05) is 19.6 Å². The van der Waals surface area contributed by atoms with Crippen LogP contribution in [0.15, 0.2) is 24.6 Å². The first-order valence-electron chi connectivity index (χ1n) is 8.54. The normalized spacial score (nSPS) is 19.7. The maximum absolute atomic E-state index is 4.32. The summed E-state index contributed by atoms with van der Waals surface area (Å²) in [6.07, 6.45) is 4.80. The fourth-order valence-corrected chi connectivity index (χ4v) is 2.94. The summed E-state index contributed by atoms with van der Waals surface area (Å²) in [7, 11) is 0. The zero-order valence-electron chi connectivity index (χ0n) is 15.0. The van der Waals surface area contributed by atoms with Gasteiger partial charge in [0.25, 0.3) is 0 Å². The molecule has 1 atom stereocenters. The third-order valence-corrected chi connectivity index (χ3v) is 4.17. The fraction of sp³-hybridized carbons (Fsp3) is 0.789. The molecule has 0 aromatic heterocycles. The quantitative estimate of drug-likeness (QED) is 0.725. The highest BCUT2D eigenvalue weighted by atomic mass is 15.1. The number of nitrogens with one attached hydrogen (secondary N) is 1. The number of hydrogen-bond acceptors (Lipinski definition) is 2. The summed E-state index contributed by atoms with van der Waals surface area (Å²) >= 11 is 0. The Kier molecular flexibility index (Phi) is 6.83. The van der Waals surface area contributed by atoms with E-state index in [1.54, 1.807) is 0 Å². The number of piperidine rings is 1. The van der Waals surface area contributed by atoms with Crippen LogP contribution in [0.25, 0.3) is 0 Å². The van der Waals surface area contributed by atoms with E-state index in [0.717, 1.165) is 32.0 Å². The molecule has 2 nitrogen and oxygen atoms in total. The molecule has 21 heavy (non-hydrogen) atoms. The molecule has 1 heterocycles. The molecule has 122 valence electrons. The molecular weight excluding hydrogens is 256 g/mol. The van der Waals surface area contributed by atoms with Crippen molar-refractivity contribution in [3.05, 3.63) is 24.6 Å². The lowest BCUT2D eigenvalue weighted by Crippen LogP contribution is -2.38. The average molecular weight is 293 g/mol. The maximum atomic E-state index is 4.32. The van der Waals surface area contributed by atoms with E-state index in [2.05, 4.69) is 58.0 Å². The topological polar surface area (TPSA) is 15.3 Å². The maximum Gasteiger partial charge on any atom is 0.0257 e. The Morgan fingerprint density at radius 1 is 1.29 bits per heavy atom. The number of nitrogens with zero attached hydrogens (tertiary/aromatic N) is 1. The lowest BCUT2D eigenvalue weighted by Gasteiger charge is -2.38. The second kappa shape index (κ2) is 7.91. The first kappa shape index (κ1) is 18.1. The molecule has 0 saturated carbocycles. The predicted octanol–water partition coefficient (Wildman–Crippen LogP) is 4.80. The molecule has 0 radical (unpaired) electrons. The zero-order valence-corrected chi connectivity index (χ0v) is 15.0. The van der Waals surface area contributed by atoms with Crippen LogP contribution in [0.1, 0.15) is 60.3 Å². The lowest BCUT2D eigenvalue weighted by molar-refractivity contribution is 0.212. The third-order valence-electron chi connectivity index (χ3n) is 4.17. The molecule has 1 aliphatic heterocycles. The molecule has 0 amide bonds. The summed E-state index contributed by atoms with van der Waals surface area (Å²) in [6.45, 7) is 23.3. The Labute approximate surface area is 132 Å². The van der Waals surface area contributed by atoms with Gasteiger partial charge in [-0.15, -0.1) is 0 Å². The molecular formula is C19H36N2. The summed E-state index contributed by atoms with van der Waals surface area (Å²) in [6, 6.07) is 0. The molecule has 0 unspecified atom stereocenters. The molecule has 0 spiro atoms. The SMILES string of the molecule is C=C(NCCC(C)C)[C@H]1CCCN(C(=C)CC(C)(C)C)C1. The monoisotopic (exact) mass is 292 g/mol. The summed E-state index contributed by atoms with van der Waals surface area (Å²) in [4.78, 5) is 2.48. The molecule has 1 N–H and O–H groups in total. The predicted molar refractivity (Wildman–Crippen MR) is 94.1 cm³/mol. The fourth-order valence-electron chi connectivity index (χ4n) is 2.94. The minimum absolute atomic E-state index is 0.316. The average Bonchev–Trinajstić information content (AvgIpc) is 2.36. The zero-order chi connectivity index (χ0) is 16.0. The van der Waals surface area contributed by atoms with E-state index in [1.165, 1.54) is 30.7 Å². The molecule has 0 aliphatic carbocycles. The molecule has 0 bridgehead atoms. The number of rotatable bonds is 7. The number of allylic oxidation sites excluding steroid dienone is 1. The number of likely N-dealkylation sites (tertiary alicyclic amines) is 1. The van der Waals surface area contributed by atoms with Gasteiger partial charge in [0.15, 0.2) is 0 Å². The second-order valence-corrected chi connectivity index (χ2v) is 8.22. The smallest absolute Gasteiger partial charge is 0.0257 e. The van der Waals surface area contributed by atoms with Crippen LogP contribution in [0.2, 0.25) is 0 Å². The highest BCUT2D eigenvalue weighted by molar-refractivity contribution is 5.06. The van der Waals surface area contributed by atoms with Crippen LogP contribution in [-0.4, -0.2) is 24.5 Å². The van der Waals surface area contributed by atoms with Crippen molar-refractivity contribution in [1.82, 2.24) is 10.2 Å². The Bertz CT molecular complexity index is 349. The molecule has 0 aromatic carbocycles. The Balaban J connectivity index is 2.44. The molecule has 1 fully saturated rings. The largest absolute Gasteiger partial charge is 0.389 e. The van der Waals surface area contributed by atoms with Crippen molar-refractivity contribution in [2.45, 2.75) is 60.3 Å². The van der Waals surface area contributed by atoms with Gasteiger partial charge in [-0.05, 0) is 37.0 Å².